The van der Waals surface area contributed by atoms with Crippen LogP contribution in [-0.2, 0) is 9.59 Å². The Kier molecular flexibility index (Phi) is 6.25. The molecule has 0 unspecified atom stereocenters. The van der Waals surface area contributed by atoms with Gasteiger partial charge in [-0.3, -0.25) is 14.4 Å². The van der Waals surface area contributed by atoms with E-state index in [2.05, 4.69) is 15.6 Å². The predicted octanol–water partition coefficient (Wildman–Crippen LogP) is 0.541. The summed E-state index contributed by atoms with van der Waals surface area (Å²) in [6.45, 7) is 0.383. The number of nitrogens with zero attached hydrogens (tertiary/aromatic N) is 2. The minimum atomic E-state index is -0.908. The van der Waals surface area contributed by atoms with Crippen LogP contribution >= 0.6 is 0 Å². The zero-order chi connectivity index (χ0) is 20.1. The summed E-state index contributed by atoms with van der Waals surface area (Å²) in [4.78, 5) is 41.0. The standard InChI is InChI=1S/C19H25N5O4/c20-9-4-7-14(17(25)22-13-6-3-5-12(13)19(27)28)23-18(26)16-15-8-1-2-10-24(15)11-21-16/h1-2,8,10-14H,3-7,9,20H2,(H,22,25)(H,23,26)(H,27,28)/t12-,13+,14+/m1/s1. The van der Waals surface area contributed by atoms with Crippen molar-refractivity contribution in [2.45, 2.75) is 44.2 Å². The summed E-state index contributed by atoms with van der Waals surface area (Å²) in [6.07, 6.45) is 6.15. The average molecular weight is 387 g/mol. The number of carbonyl (C=O) groups excluding carboxylic acids is 2. The van der Waals surface area contributed by atoms with E-state index in [4.69, 9.17) is 5.73 Å². The molecule has 2 aromatic heterocycles. The number of nitrogens with one attached hydrogen (secondary N) is 2. The van der Waals surface area contributed by atoms with E-state index in [1.54, 1.807) is 22.7 Å². The molecule has 1 saturated carbocycles. The fourth-order valence-corrected chi connectivity index (χ4v) is 3.65. The van der Waals surface area contributed by atoms with E-state index in [1.165, 1.54) is 6.33 Å². The van der Waals surface area contributed by atoms with E-state index in [9.17, 15) is 19.5 Å². The Hall–Kier alpha value is -2.94. The lowest BCUT2D eigenvalue weighted by Crippen LogP contribution is -2.51. The minimum absolute atomic E-state index is 0.232. The predicted molar refractivity (Wildman–Crippen MR) is 102 cm³/mol. The molecule has 1 aliphatic carbocycles. The van der Waals surface area contributed by atoms with E-state index in [0.29, 0.717) is 37.7 Å². The summed E-state index contributed by atoms with van der Waals surface area (Å²) >= 11 is 0. The first-order valence-corrected chi connectivity index (χ1v) is 9.47. The summed E-state index contributed by atoms with van der Waals surface area (Å²) in [5.41, 5.74) is 6.43. The van der Waals surface area contributed by atoms with Gasteiger partial charge in [-0.25, -0.2) is 4.98 Å². The number of amides is 2. The number of imidazole rings is 1. The zero-order valence-electron chi connectivity index (χ0n) is 15.5. The molecule has 28 heavy (non-hydrogen) atoms. The van der Waals surface area contributed by atoms with Crippen molar-refractivity contribution in [3.8, 4) is 0 Å². The van der Waals surface area contributed by atoms with E-state index in [-0.39, 0.29) is 11.6 Å². The largest absolute Gasteiger partial charge is 0.481 e. The number of fused-ring (bicyclic) bond motifs is 1. The maximum atomic E-state index is 12.8. The molecular weight excluding hydrogens is 362 g/mol. The van der Waals surface area contributed by atoms with Crippen LogP contribution in [0.3, 0.4) is 0 Å². The summed E-state index contributed by atoms with van der Waals surface area (Å²) in [5, 5.41) is 14.8. The number of carboxylic acid groups (broad SMARTS) is 1. The van der Waals surface area contributed by atoms with Crippen LogP contribution in [0.25, 0.3) is 5.52 Å². The molecule has 3 rings (SSSR count). The Labute approximate surface area is 162 Å². The van der Waals surface area contributed by atoms with Gasteiger partial charge in [0, 0.05) is 12.2 Å². The Morgan fingerprint density at radius 1 is 1.32 bits per heavy atom. The second-order valence-electron chi connectivity index (χ2n) is 7.03. The molecule has 0 aromatic carbocycles. The van der Waals surface area contributed by atoms with Gasteiger partial charge in [-0.1, -0.05) is 12.5 Å². The lowest BCUT2D eigenvalue weighted by Gasteiger charge is -2.23. The Balaban J connectivity index is 1.71. The van der Waals surface area contributed by atoms with Crippen LogP contribution in [0, 0.1) is 5.92 Å². The van der Waals surface area contributed by atoms with Crippen LogP contribution < -0.4 is 16.4 Å². The Bertz CT molecular complexity index is 865. The highest BCUT2D eigenvalue weighted by Gasteiger charge is 2.35. The molecule has 3 atom stereocenters. The van der Waals surface area contributed by atoms with Gasteiger partial charge in [0.05, 0.1) is 11.4 Å². The van der Waals surface area contributed by atoms with Crippen LogP contribution in [-0.4, -0.2) is 50.9 Å². The average Bonchev–Trinajstić information content (AvgIpc) is 3.31. The van der Waals surface area contributed by atoms with E-state index < -0.39 is 29.9 Å². The lowest BCUT2D eigenvalue weighted by molar-refractivity contribution is -0.142. The van der Waals surface area contributed by atoms with Crippen molar-refractivity contribution >= 4 is 23.3 Å². The maximum absolute atomic E-state index is 12.8. The first-order chi connectivity index (χ1) is 13.5. The van der Waals surface area contributed by atoms with Crippen molar-refractivity contribution in [3.63, 3.8) is 0 Å². The maximum Gasteiger partial charge on any atom is 0.308 e. The van der Waals surface area contributed by atoms with Crippen LogP contribution in [0.15, 0.2) is 30.7 Å². The number of aromatic nitrogens is 2. The van der Waals surface area contributed by atoms with E-state index >= 15 is 0 Å². The van der Waals surface area contributed by atoms with Gasteiger partial charge >= 0.3 is 5.97 Å². The second-order valence-corrected chi connectivity index (χ2v) is 7.03. The number of rotatable bonds is 8. The fourth-order valence-electron chi connectivity index (χ4n) is 3.65. The highest BCUT2D eigenvalue weighted by Crippen LogP contribution is 2.26. The van der Waals surface area contributed by atoms with Gasteiger partial charge in [0.25, 0.3) is 5.91 Å². The molecule has 0 spiro atoms. The summed E-state index contributed by atoms with van der Waals surface area (Å²) in [7, 11) is 0. The third kappa shape index (κ3) is 4.30. The molecule has 0 saturated heterocycles. The van der Waals surface area contributed by atoms with Crippen LogP contribution in [0.2, 0.25) is 0 Å². The molecule has 2 aromatic rings. The summed E-state index contributed by atoms with van der Waals surface area (Å²) in [5.74, 6) is -2.34. The third-order valence-electron chi connectivity index (χ3n) is 5.14. The monoisotopic (exact) mass is 387 g/mol. The van der Waals surface area contributed by atoms with E-state index in [0.717, 1.165) is 6.42 Å². The molecular formula is C19H25N5O4. The molecule has 1 fully saturated rings. The van der Waals surface area contributed by atoms with Crippen LogP contribution in [0.4, 0.5) is 0 Å². The highest BCUT2D eigenvalue weighted by atomic mass is 16.4. The molecule has 0 bridgehead atoms. The van der Waals surface area contributed by atoms with Crippen molar-refractivity contribution in [1.29, 1.82) is 0 Å². The SMILES string of the molecule is NCCC[C@H](NC(=O)c1ncn2ccccc12)C(=O)N[C@H]1CCC[C@H]1C(=O)O. The topological polar surface area (TPSA) is 139 Å². The molecule has 9 heteroatoms. The fraction of sp³-hybridized carbons (Fsp3) is 0.474. The van der Waals surface area contributed by atoms with Gasteiger partial charge in [0.2, 0.25) is 5.91 Å². The van der Waals surface area contributed by atoms with E-state index in [1.807, 2.05) is 6.07 Å². The number of nitrogens with two attached hydrogens (primary N) is 1. The molecule has 2 heterocycles. The van der Waals surface area contributed by atoms with Crippen molar-refractivity contribution in [2.24, 2.45) is 11.7 Å². The van der Waals surface area contributed by atoms with Crippen molar-refractivity contribution in [1.82, 2.24) is 20.0 Å². The number of hydrogen-bond acceptors (Lipinski definition) is 5. The van der Waals surface area contributed by atoms with Crippen molar-refractivity contribution in [2.75, 3.05) is 6.54 Å². The number of aliphatic carboxylic acids is 1. The normalized spacial score (nSPS) is 20.0. The molecule has 0 aliphatic heterocycles. The van der Waals surface area contributed by atoms with Gasteiger partial charge in [0.1, 0.15) is 12.4 Å². The van der Waals surface area contributed by atoms with Crippen molar-refractivity contribution < 1.29 is 19.5 Å². The minimum Gasteiger partial charge on any atom is -0.481 e. The molecule has 2 amide bonds. The quantitative estimate of drug-likeness (QED) is 0.521. The third-order valence-corrected chi connectivity index (χ3v) is 5.14. The van der Waals surface area contributed by atoms with Crippen LogP contribution in [0.5, 0.6) is 0 Å². The molecule has 0 radical (unpaired) electrons. The lowest BCUT2D eigenvalue weighted by atomic mass is 10.0. The van der Waals surface area contributed by atoms with Crippen molar-refractivity contribution in [3.05, 3.63) is 36.4 Å². The smallest absolute Gasteiger partial charge is 0.308 e. The summed E-state index contributed by atoms with van der Waals surface area (Å²) in [6, 6.07) is 4.18. The highest BCUT2D eigenvalue weighted by molar-refractivity contribution is 6.01. The zero-order valence-corrected chi connectivity index (χ0v) is 15.5. The van der Waals surface area contributed by atoms with Gasteiger partial charge in [-0.15, -0.1) is 0 Å². The molecule has 5 N–H and O–H groups in total. The van der Waals surface area contributed by atoms with Crippen LogP contribution in [0.1, 0.15) is 42.6 Å². The number of pyridine rings is 1. The number of hydrogen-bond donors (Lipinski definition) is 4. The summed E-state index contributed by atoms with van der Waals surface area (Å²) < 4.78 is 1.72. The molecule has 150 valence electrons. The number of carbonyl (C=O) groups is 3. The van der Waals surface area contributed by atoms with Gasteiger partial charge in [0.15, 0.2) is 5.69 Å². The Morgan fingerprint density at radius 2 is 2.14 bits per heavy atom. The van der Waals surface area contributed by atoms with Gasteiger partial charge in [-0.05, 0) is 44.4 Å². The van der Waals surface area contributed by atoms with Gasteiger partial charge in [-0.2, -0.15) is 0 Å². The Morgan fingerprint density at radius 3 is 2.89 bits per heavy atom. The first kappa shape index (κ1) is 19.8. The first-order valence-electron chi connectivity index (χ1n) is 9.47. The number of carboxylic acids is 1. The second kappa shape index (κ2) is 8.83. The molecule has 1 aliphatic rings. The molecule has 9 nitrogen and oxygen atoms in total. The van der Waals surface area contributed by atoms with Gasteiger partial charge < -0.3 is 25.9 Å².